The summed E-state index contributed by atoms with van der Waals surface area (Å²) in [6.45, 7) is 0. The fourth-order valence-corrected chi connectivity index (χ4v) is 3.98. The normalized spacial score (nSPS) is 11.6. The molecular weight excluding hydrogens is 394 g/mol. The third kappa shape index (κ3) is 4.49. The number of nitrogens with two attached hydrogens (primary N) is 1. The molecule has 4 N–H and O–H groups in total. The molecule has 0 bridgehead atoms. The topological polar surface area (TPSA) is 116 Å². The number of thioether (sulfide) groups is 1. The number of carbonyl (C=O) groups excluding carboxylic acids is 1. The highest BCUT2D eigenvalue weighted by atomic mass is 35.5. The number of hydrogen-bond acceptors (Lipinski definition) is 7. The zero-order chi connectivity index (χ0) is 19.3. The zero-order valence-electron chi connectivity index (χ0n) is 13.8. The van der Waals surface area contributed by atoms with Crippen molar-refractivity contribution in [1.29, 1.82) is 5.26 Å². The fourth-order valence-electron chi connectivity index (χ4n) is 2.24. The maximum atomic E-state index is 12.7. The molecule has 0 saturated heterocycles. The number of carboxylic acid groups (broad SMARTS) is 1. The first-order valence-corrected chi connectivity index (χ1v) is 10.1. The van der Waals surface area contributed by atoms with E-state index in [4.69, 9.17) is 17.3 Å². The van der Waals surface area contributed by atoms with E-state index in [0.717, 1.165) is 11.3 Å². The van der Waals surface area contributed by atoms with Gasteiger partial charge in [-0.15, -0.1) is 11.3 Å². The van der Waals surface area contributed by atoms with Crippen LogP contribution in [0.3, 0.4) is 0 Å². The summed E-state index contributed by atoms with van der Waals surface area (Å²) in [5.41, 5.74) is 6.45. The summed E-state index contributed by atoms with van der Waals surface area (Å²) in [6, 6.07) is 7.48. The van der Waals surface area contributed by atoms with Crippen LogP contribution in [-0.4, -0.2) is 34.9 Å². The van der Waals surface area contributed by atoms with Gasteiger partial charge >= 0.3 is 5.97 Å². The van der Waals surface area contributed by atoms with Crippen LogP contribution in [0.15, 0.2) is 24.3 Å². The Hall–Kier alpha value is -2.21. The monoisotopic (exact) mass is 409 g/mol. The van der Waals surface area contributed by atoms with Crippen LogP contribution in [0.2, 0.25) is 5.02 Å². The van der Waals surface area contributed by atoms with Crippen molar-refractivity contribution >= 4 is 57.1 Å². The number of nitrogen functional groups attached to an aromatic ring is 1. The summed E-state index contributed by atoms with van der Waals surface area (Å²) < 4.78 is 0. The number of halogens is 1. The fraction of sp³-hybridized carbons (Fsp3) is 0.235. The number of ketones is 1. The Balaban J connectivity index is 2.38. The van der Waals surface area contributed by atoms with Crippen molar-refractivity contribution in [3.05, 3.63) is 45.3 Å². The SMILES string of the molecule is CSCCC(Nc1sc(C(=O)c2cccc(Cl)c2)c(N)c1C#N)C(=O)O. The largest absolute Gasteiger partial charge is 0.480 e. The Bertz CT molecular complexity index is 877. The quantitative estimate of drug-likeness (QED) is 0.569. The Morgan fingerprint density at radius 1 is 1.50 bits per heavy atom. The van der Waals surface area contributed by atoms with Crippen LogP contribution in [-0.2, 0) is 4.79 Å². The molecule has 2 aromatic rings. The van der Waals surface area contributed by atoms with Crippen LogP contribution in [0.25, 0.3) is 0 Å². The summed E-state index contributed by atoms with van der Waals surface area (Å²) in [5.74, 6) is -0.755. The molecule has 26 heavy (non-hydrogen) atoms. The van der Waals surface area contributed by atoms with Crippen LogP contribution >= 0.6 is 34.7 Å². The van der Waals surface area contributed by atoms with Crippen molar-refractivity contribution in [3.63, 3.8) is 0 Å². The molecule has 1 heterocycles. The minimum absolute atomic E-state index is 0.0407. The molecule has 0 aliphatic rings. The average molecular weight is 410 g/mol. The highest BCUT2D eigenvalue weighted by molar-refractivity contribution is 7.98. The summed E-state index contributed by atoms with van der Waals surface area (Å²) in [5, 5.41) is 22.3. The second kappa shape index (κ2) is 8.94. The van der Waals surface area contributed by atoms with Crippen molar-refractivity contribution in [2.45, 2.75) is 12.5 Å². The van der Waals surface area contributed by atoms with Crippen molar-refractivity contribution in [3.8, 4) is 6.07 Å². The number of nitrogens with one attached hydrogen (secondary N) is 1. The second-order valence-corrected chi connectivity index (χ2v) is 7.76. The molecule has 1 atom stereocenters. The number of rotatable bonds is 8. The highest BCUT2D eigenvalue weighted by Crippen LogP contribution is 2.37. The van der Waals surface area contributed by atoms with Crippen LogP contribution in [0.5, 0.6) is 0 Å². The number of carboxylic acids is 1. The van der Waals surface area contributed by atoms with E-state index in [2.05, 4.69) is 5.32 Å². The lowest BCUT2D eigenvalue weighted by atomic mass is 10.1. The predicted molar refractivity (Wildman–Crippen MR) is 106 cm³/mol. The third-order valence-corrected chi connectivity index (χ3v) is 5.58. The number of aliphatic carboxylic acids is 1. The smallest absolute Gasteiger partial charge is 0.326 e. The Labute approximate surface area is 164 Å². The average Bonchev–Trinajstić information content (AvgIpc) is 2.93. The van der Waals surface area contributed by atoms with Crippen LogP contribution < -0.4 is 11.1 Å². The molecule has 9 heteroatoms. The van der Waals surface area contributed by atoms with Gasteiger partial charge in [0.2, 0.25) is 5.78 Å². The van der Waals surface area contributed by atoms with Gasteiger partial charge in [-0.05, 0) is 30.6 Å². The lowest BCUT2D eigenvalue weighted by Crippen LogP contribution is -2.29. The van der Waals surface area contributed by atoms with Gasteiger partial charge in [-0.2, -0.15) is 17.0 Å². The van der Waals surface area contributed by atoms with Crippen LogP contribution in [0.4, 0.5) is 10.7 Å². The molecule has 1 unspecified atom stereocenters. The summed E-state index contributed by atoms with van der Waals surface area (Å²) in [7, 11) is 0. The Morgan fingerprint density at radius 3 is 2.81 bits per heavy atom. The molecule has 2 rings (SSSR count). The first-order valence-electron chi connectivity index (χ1n) is 7.50. The number of thiophene rings is 1. The van der Waals surface area contributed by atoms with E-state index in [1.165, 1.54) is 17.8 Å². The van der Waals surface area contributed by atoms with Crippen molar-refractivity contribution in [2.24, 2.45) is 0 Å². The molecule has 0 saturated carbocycles. The molecule has 0 aliphatic carbocycles. The third-order valence-electron chi connectivity index (χ3n) is 3.56. The predicted octanol–water partition coefficient (Wildman–Crippen LogP) is 3.70. The van der Waals surface area contributed by atoms with Crippen LogP contribution in [0.1, 0.15) is 27.2 Å². The zero-order valence-corrected chi connectivity index (χ0v) is 16.2. The van der Waals surface area contributed by atoms with E-state index in [-0.39, 0.29) is 26.9 Å². The van der Waals surface area contributed by atoms with Crippen LogP contribution in [0, 0.1) is 11.3 Å². The van der Waals surface area contributed by atoms with E-state index in [1.807, 2.05) is 12.3 Å². The highest BCUT2D eigenvalue weighted by Gasteiger charge is 2.25. The van der Waals surface area contributed by atoms with Crippen molar-refractivity contribution in [1.82, 2.24) is 0 Å². The lowest BCUT2D eigenvalue weighted by molar-refractivity contribution is -0.137. The molecule has 1 aromatic carbocycles. The number of nitrogens with zero attached hydrogens (tertiary/aromatic N) is 1. The second-order valence-electron chi connectivity index (χ2n) is 5.32. The van der Waals surface area contributed by atoms with Gasteiger partial charge in [-0.1, -0.05) is 23.7 Å². The summed E-state index contributed by atoms with van der Waals surface area (Å²) in [6.07, 6.45) is 2.25. The van der Waals surface area contributed by atoms with Gasteiger partial charge in [-0.3, -0.25) is 4.79 Å². The van der Waals surface area contributed by atoms with Crippen molar-refractivity contribution in [2.75, 3.05) is 23.1 Å². The minimum atomic E-state index is -1.03. The molecule has 6 nitrogen and oxygen atoms in total. The molecular formula is C17H16ClN3O3S2. The molecule has 1 aromatic heterocycles. The lowest BCUT2D eigenvalue weighted by Gasteiger charge is -2.13. The summed E-state index contributed by atoms with van der Waals surface area (Å²) in [4.78, 5) is 24.3. The van der Waals surface area contributed by atoms with Gasteiger partial charge in [0, 0.05) is 10.6 Å². The van der Waals surface area contributed by atoms with E-state index in [0.29, 0.717) is 22.8 Å². The first-order chi connectivity index (χ1) is 12.4. The van der Waals surface area contributed by atoms with E-state index in [9.17, 15) is 20.0 Å². The molecule has 136 valence electrons. The number of hydrogen-bond donors (Lipinski definition) is 3. The van der Waals surface area contributed by atoms with Crippen molar-refractivity contribution < 1.29 is 14.7 Å². The number of anilines is 2. The number of benzene rings is 1. The maximum absolute atomic E-state index is 12.7. The standard InChI is InChI=1S/C17H16ClN3O3S2/c1-25-6-5-12(17(23)24)21-16-11(8-19)13(20)15(26-16)14(22)9-3-2-4-10(18)7-9/h2-4,7,12,21H,5-6,20H2,1H3,(H,23,24). The number of carbonyl (C=O) groups is 2. The number of nitriles is 1. The molecule has 0 amide bonds. The maximum Gasteiger partial charge on any atom is 0.326 e. The van der Waals surface area contributed by atoms with E-state index < -0.39 is 12.0 Å². The van der Waals surface area contributed by atoms with Gasteiger partial charge in [-0.25, -0.2) is 4.79 Å². The van der Waals surface area contributed by atoms with E-state index in [1.54, 1.807) is 18.2 Å². The van der Waals surface area contributed by atoms with Gasteiger partial charge in [0.05, 0.1) is 5.69 Å². The van der Waals surface area contributed by atoms with Gasteiger partial charge in [0.1, 0.15) is 27.6 Å². The Kier molecular flexibility index (Phi) is 6.91. The molecule has 0 spiro atoms. The summed E-state index contributed by atoms with van der Waals surface area (Å²) >= 11 is 8.42. The Morgan fingerprint density at radius 2 is 2.23 bits per heavy atom. The van der Waals surface area contributed by atoms with E-state index >= 15 is 0 Å². The minimum Gasteiger partial charge on any atom is -0.480 e. The first kappa shape index (κ1) is 20.1. The molecule has 0 aliphatic heterocycles. The van der Waals surface area contributed by atoms with Gasteiger partial charge in [0.25, 0.3) is 0 Å². The molecule has 0 fully saturated rings. The van der Waals surface area contributed by atoms with Gasteiger partial charge < -0.3 is 16.2 Å². The molecule has 0 radical (unpaired) electrons. The van der Waals surface area contributed by atoms with Gasteiger partial charge in [0.15, 0.2) is 0 Å².